The smallest absolute Gasteiger partial charge is 0.310 e. The summed E-state index contributed by atoms with van der Waals surface area (Å²) in [5, 5.41) is 3.29. The van der Waals surface area contributed by atoms with Crippen LogP contribution < -0.4 is 5.32 Å². The molecular weight excluding hydrogens is 202 g/mol. The predicted molar refractivity (Wildman–Crippen MR) is 56.5 cm³/mol. The lowest BCUT2D eigenvalue weighted by Gasteiger charge is -2.33. The van der Waals surface area contributed by atoms with Gasteiger partial charge in [-0.3, -0.25) is 4.79 Å². The van der Waals surface area contributed by atoms with Crippen molar-refractivity contribution in [1.29, 1.82) is 0 Å². The molecule has 0 aromatic rings. The van der Waals surface area contributed by atoms with E-state index in [0.29, 0.717) is 5.92 Å². The largest absolute Gasteiger partial charge is 0.469 e. The normalized spacial score (nSPS) is 31.8. The van der Waals surface area contributed by atoms with Gasteiger partial charge < -0.3 is 10.1 Å². The standard InChI is InChI=1S/C10H17NO2.ClH/c1-13-10(12)9-6-11-5-8(9)7-3-2-4-7;/h7-9,11H,2-6H2,1H3;1H. The Morgan fingerprint density at radius 1 is 1.36 bits per heavy atom. The molecule has 14 heavy (non-hydrogen) atoms. The van der Waals surface area contributed by atoms with E-state index in [1.165, 1.54) is 26.4 Å². The summed E-state index contributed by atoms with van der Waals surface area (Å²) >= 11 is 0. The van der Waals surface area contributed by atoms with Crippen molar-refractivity contribution in [3.63, 3.8) is 0 Å². The summed E-state index contributed by atoms with van der Waals surface area (Å²) in [6, 6.07) is 0. The highest BCUT2D eigenvalue weighted by Gasteiger charge is 2.40. The van der Waals surface area contributed by atoms with Crippen molar-refractivity contribution in [1.82, 2.24) is 5.32 Å². The minimum absolute atomic E-state index is 0. The highest BCUT2D eigenvalue weighted by molar-refractivity contribution is 5.85. The molecule has 2 rings (SSSR count). The SMILES string of the molecule is COC(=O)C1CNCC1C1CCC1.Cl. The average Bonchev–Trinajstić information content (AvgIpc) is 2.49. The first-order chi connectivity index (χ1) is 6.33. The van der Waals surface area contributed by atoms with Gasteiger partial charge in [0, 0.05) is 6.54 Å². The maximum Gasteiger partial charge on any atom is 0.310 e. The maximum atomic E-state index is 11.4. The first-order valence-corrected chi connectivity index (χ1v) is 5.11. The molecule has 1 N–H and O–H groups in total. The Hall–Kier alpha value is -0.280. The highest BCUT2D eigenvalue weighted by Crippen LogP contribution is 2.39. The van der Waals surface area contributed by atoms with E-state index in [9.17, 15) is 4.79 Å². The molecule has 1 aliphatic heterocycles. The summed E-state index contributed by atoms with van der Waals surface area (Å²) in [5.41, 5.74) is 0. The summed E-state index contributed by atoms with van der Waals surface area (Å²) < 4.78 is 4.80. The molecule has 1 aliphatic carbocycles. The molecule has 1 heterocycles. The number of ether oxygens (including phenoxy) is 1. The quantitative estimate of drug-likeness (QED) is 0.710. The third kappa shape index (κ3) is 2.04. The minimum atomic E-state index is -0.0260. The second-order valence-electron chi connectivity index (χ2n) is 4.14. The third-order valence-electron chi connectivity index (χ3n) is 3.52. The van der Waals surface area contributed by atoms with Gasteiger partial charge in [0.25, 0.3) is 0 Å². The fourth-order valence-electron chi connectivity index (χ4n) is 2.47. The number of halogens is 1. The first kappa shape index (κ1) is 11.8. The van der Waals surface area contributed by atoms with E-state index in [0.717, 1.165) is 19.0 Å². The van der Waals surface area contributed by atoms with Crippen molar-refractivity contribution in [2.24, 2.45) is 17.8 Å². The molecule has 0 radical (unpaired) electrons. The number of hydrogen-bond acceptors (Lipinski definition) is 3. The Morgan fingerprint density at radius 2 is 2.07 bits per heavy atom. The number of carbonyl (C=O) groups excluding carboxylic acids is 1. The van der Waals surface area contributed by atoms with E-state index < -0.39 is 0 Å². The molecule has 3 nitrogen and oxygen atoms in total. The van der Waals surface area contributed by atoms with Crippen LogP contribution >= 0.6 is 12.4 Å². The first-order valence-electron chi connectivity index (χ1n) is 5.11. The lowest BCUT2D eigenvalue weighted by Crippen LogP contribution is -2.32. The number of carbonyl (C=O) groups is 1. The number of methoxy groups -OCH3 is 1. The second-order valence-corrected chi connectivity index (χ2v) is 4.14. The van der Waals surface area contributed by atoms with E-state index >= 15 is 0 Å². The van der Waals surface area contributed by atoms with Crippen LogP contribution in [-0.4, -0.2) is 26.2 Å². The van der Waals surface area contributed by atoms with Crippen LogP contribution in [0, 0.1) is 17.8 Å². The van der Waals surface area contributed by atoms with Gasteiger partial charge in [-0.15, -0.1) is 12.4 Å². The summed E-state index contributed by atoms with van der Waals surface area (Å²) in [6.07, 6.45) is 3.95. The zero-order valence-corrected chi connectivity index (χ0v) is 9.31. The number of esters is 1. The fraction of sp³-hybridized carbons (Fsp3) is 0.900. The Labute approximate surface area is 91.0 Å². The van der Waals surface area contributed by atoms with Gasteiger partial charge in [0.15, 0.2) is 0 Å². The van der Waals surface area contributed by atoms with Crippen LogP contribution in [0.5, 0.6) is 0 Å². The molecule has 2 fully saturated rings. The van der Waals surface area contributed by atoms with Gasteiger partial charge in [0.05, 0.1) is 13.0 Å². The molecule has 2 unspecified atom stereocenters. The number of rotatable bonds is 2. The monoisotopic (exact) mass is 219 g/mol. The molecule has 0 aromatic heterocycles. The van der Waals surface area contributed by atoms with Crippen molar-refractivity contribution < 1.29 is 9.53 Å². The lowest BCUT2D eigenvalue weighted by atomic mass is 9.72. The van der Waals surface area contributed by atoms with Gasteiger partial charge in [0.1, 0.15) is 0 Å². The second kappa shape index (κ2) is 4.99. The van der Waals surface area contributed by atoms with Crippen molar-refractivity contribution in [3.05, 3.63) is 0 Å². The van der Waals surface area contributed by atoms with E-state index in [1.54, 1.807) is 0 Å². The average molecular weight is 220 g/mol. The summed E-state index contributed by atoms with van der Waals surface area (Å²) in [5.74, 6) is 1.41. The summed E-state index contributed by atoms with van der Waals surface area (Å²) in [7, 11) is 1.48. The van der Waals surface area contributed by atoms with E-state index in [2.05, 4.69) is 5.32 Å². The molecule has 4 heteroatoms. The van der Waals surface area contributed by atoms with Crippen LogP contribution in [-0.2, 0) is 9.53 Å². The molecular formula is C10H18ClNO2. The van der Waals surface area contributed by atoms with Crippen LogP contribution in [0.4, 0.5) is 0 Å². The van der Waals surface area contributed by atoms with Crippen molar-refractivity contribution >= 4 is 18.4 Å². The molecule has 0 bridgehead atoms. The van der Waals surface area contributed by atoms with E-state index in [-0.39, 0.29) is 24.3 Å². The zero-order chi connectivity index (χ0) is 9.26. The molecule has 0 aromatic carbocycles. The zero-order valence-electron chi connectivity index (χ0n) is 8.49. The minimum Gasteiger partial charge on any atom is -0.469 e. The topological polar surface area (TPSA) is 38.3 Å². The summed E-state index contributed by atoms with van der Waals surface area (Å²) in [4.78, 5) is 11.4. The number of hydrogen-bond donors (Lipinski definition) is 1. The van der Waals surface area contributed by atoms with Gasteiger partial charge in [-0.25, -0.2) is 0 Å². The van der Waals surface area contributed by atoms with Crippen LogP contribution in [0.2, 0.25) is 0 Å². The van der Waals surface area contributed by atoms with Crippen molar-refractivity contribution in [2.75, 3.05) is 20.2 Å². The van der Waals surface area contributed by atoms with Gasteiger partial charge in [-0.05, 0) is 18.4 Å². The molecule has 1 saturated carbocycles. The Bertz CT molecular complexity index is 206. The van der Waals surface area contributed by atoms with Gasteiger partial charge in [0.2, 0.25) is 0 Å². The van der Waals surface area contributed by atoms with Crippen LogP contribution in [0.15, 0.2) is 0 Å². The maximum absolute atomic E-state index is 11.4. The molecule has 0 spiro atoms. The number of nitrogens with one attached hydrogen (secondary N) is 1. The van der Waals surface area contributed by atoms with Crippen LogP contribution in [0.3, 0.4) is 0 Å². The lowest BCUT2D eigenvalue weighted by molar-refractivity contribution is -0.147. The molecule has 0 amide bonds. The Morgan fingerprint density at radius 3 is 2.57 bits per heavy atom. The van der Waals surface area contributed by atoms with Crippen molar-refractivity contribution in [2.45, 2.75) is 19.3 Å². The van der Waals surface area contributed by atoms with E-state index in [4.69, 9.17) is 4.74 Å². The van der Waals surface area contributed by atoms with Crippen LogP contribution in [0.25, 0.3) is 0 Å². The molecule has 1 saturated heterocycles. The van der Waals surface area contributed by atoms with Crippen LogP contribution in [0.1, 0.15) is 19.3 Å². The third-order valence-corrected chi connectivity index (χ3v) is 3.52. The van der Waals surface area contributed by atoms with Gasteiger partial charge >= 0.3 is 5.97 Å². The van der Waals surface area contributed by atoms with Gasteiger partial charge in [-0.1, -0.05) is 19.3 Å². The summed E-state index contributed by atoms with van der Waals surface area (Å²) in [6.45, 7) is 1.82. The highest BCUT2D eigenvalue weighted by atomic mass is 35.5. The Balaban J connectivity index is 0.000000980. The Kier molecular flexibility index (Phi) is 4.20. The molecule has 2 aliphatic rings. The predicted octanol–water partition coefficient (Wildman–Crippen LogP) is 1.22. The van der Waals surface area contributed by atoms with Crippen molar-refractivity contribution in [3.8, 4) is 0 Å². The molecule has 82 valence electrons. The van der Waals surface area contributed by atoms with E-state index in [1.807, 2.05) is 0 Å². The fourth-order valence-corrected chi connectivity index (χ4v) is 2.47. The molecule has 2 atom stereocenters. The van der Waals surface area contributed by atoms with Gasteiger partial charge in [-0.2, -0.15) is 0 Å².